The van der Waals surface area contributed by atoms with Crippen molar-refractivity contribution in [3.8, 4) is 0 Å². The number of nitrogens with two attached hydrogens (primary N) is 1. The Hall–Kier alpha value is -1.89. The minimum absolute atomic E-state index is 0.111. The summed E-state index contributed by atoms with van der Waals surface area (Å²) in [5.41, 5.74) is 4.91. The molecule has 7 heteroatoms. The number of hydrogen-bond acceptors (Lipinski definition) is 4. The van der Waals surface area contributed by atoms with Crippen LogP contribution in [-0.4, -0.2) is 32.3 Å². The first-order valence-electron chi connectivity index (χ1n) is 5.05. The van der Waals surface area contributed by atoms with E-state index in [-0.39, 0.29) is 12.1 Å². The van der Waals surface area contributed by atoms with Crippen LogP contribution in [-0.2, 0) is 18.4 Å². The summed E-state index contributed by atoms with van der Waals surface area (Å²) >= 11 is 0. The Labute approximate surface area is 98.6 Å². The number of carboxylic acids is 1. The first-order chi connectivity index (χ1) is 7.75. The van der Waals surface area contributed by atoms with Crippen LogP contribution >= 0.6 is 0 Å². The molecule has 1 aromatic rings. The highest BCUT2D eigenvalue weighted by molar-refractivity contribution is 5.88. The molecule has 0 saturated heterocycles. The third-order valence-corrected chi connectivity index (χ3v) is 2.61. The lowest BCUT2D eigenvalue weighted by Crippen LogP contribution is -2.50. The van der Waals surface area contributed by atoms with Crippen molar-refractivity contribution in [2.24, 2.45) is 12.8 Å². The Morgan fingerprint density at radius 1 is 1.59 bits per heavy atom. The number of hydrogen-bond donors (Lipinski definition) is 3. The number of amides is 1. The Kier molecular flexibility index (Phi) is 3.52. The van der Waals surface area contributed by atoms with Crippen molar-refractivity contribution >= 4 is 11.9 Å². The Morgan fingerprint density at radius 3 is 2.65 bits per heavy atom. The maximum atomic E-state index is 11.1. The van der Waals surface area contributed by atoms with Gasteiger partial charge in [0.15, 0.2) is 0 Å². The number of rotatable bonds is 5. The average Bonchev–Trinajstić information content (AvgIpc) is 2.56. The predicted molar refractivity (Wildman–Crippen MR) is 60.3 cm³/mol. The van der Waals surface area contributed by atoms with Crippen LogP contribution in [0.2, 0.25) is 0 Å². The standard InChI is InChI=1S/C10H16N4O3/c1-10(2,9(11)17)12-5-7-6(8(15)16)4-13-14(7)3/h4,12H,5H2,1-3H3,(H2,11,17)(H,15,16). The normalized spacial score (nSPS) is 11.5. The largest absolute Gasteiger partial charge is 0.478 e. The van der Waals surface area contributed by atoms with E-state index in [0.717, 1.165) is 0 Å². The molecule has 4 N–H and O–H groups in total. The van der Waals surface area contributed by atoms with Crippen LogP contribution in [0.4, 0.5) is 0 Å². The van der Waals surface area contributed by atoms with Gasteiger partial charge in [-0.05, 0) is 13.8 Å². The summed E-state index contributed by atoms with van der Waals surface area (Å²) < 4.78 is 1.45. The number of aryl methyl sites for hydroxylation is 1. The Balaban J connectivity index is 2.86. The lowest BCUT2D eigenvalue weighted by atomic mass is 10.0. The summed E-state index contributed by atoms with van der Waals surface area (Å²) in [6.07, 6.45) is 1.27. The van der Waals surface area contributed by atoms with E-state index < -0.39 is 17.4 Å². The molecule has 7 nitrogen and oxygen atoms in total. The van der Waals surface area contributed by atoms with Crippen LogP contribution in [0.25, 0.3) is 0 Å². The van der Waals surface area contributed by atoms with E-state index >= 15 is 0 Å². The van der Waals surface area contributed by atoms with Gasteiger partial charge in [0.25, 0.3) is 0 Å². The third kappa shape index (κ3) is 2.82. The maximum absolute atomic E-state index is 11.1. The van der Waals surface area contributed by atoms with Gasteiger partial charge >= 0.3 is 5.97 Å². The van der Waals surface area contributed by atoms with Gasteiger partial charge in [-0.1, -0.05) is 0 Å². The van der Waals surface area contributed by atoms with E-state index in [0.29, 0.717) is 5.69 Å². The lowest BCUT2D eigenvalue weighted by Gasteiger charge is -2.22. The Morgan fingerprint density at radius 2 is 2.18 bits per heavy atom. The highest BCUT2D eigenvalue weighted by Crippen LogP contribution is 2.09. The molecule has 1 amide bonds. The summed E-state index contributed by atoms with van der Waals surface area (Å²) in [4.78, 5) is 22.0. The van der Waals surface area contributed by atoms with E-state index in [1.165, 1.54) is 10.9 Å². The second-order valence-electron chi connectivity index (χ2n) is 4.28. The van der Waals surface area contributed by atoms with Crippen LogP contribution in [0.5, 0.6) is 0 Å². The van der Waals surface area contributed by atoms with Gasteiger partial charge in [-0.2, -0.15) is 5.10 Å². The molecule has 0 saturated carbocycles. The molecule has 94 valence electrons. The van der Waals surface area contributed by atoms with E-state index in [1.54, 1.807) is 20.9 Å². The maximum Gasteiger partial charge on any atom is 0.339 e. The molecule has 0 spiro atoms. The molecule has 1 rings (SSSR count). The fourth-order valence-electron chi connectivity index (χ4n) is 1.24. The van der Waals surface area contributed by atoms with Gasteiger partial charge in [0.05, 0.1) is 17.4 Å². The summed E-state index contributed by atoms with van der Waals surface area (Å²) in [6, 6.07) is 0. The van der Waals surface area contributed by atoms with Crippen molar-refractivity contribution in [1.29, 1.82) is 0 Å². The lowest BCUT2D eigenvalue weighted by molar-refractivity contribution is -0.123. The number of primary amides is 1. The number of aromatic carboxylic acids is 1. The van der Waals surface area contributed by atoms with Gasteiger partial charge in [-0.15, -0.1) is 0 Å². The van der Waals surface area contributed by atoms with Gasteiger partial charge in [-0.25, -0.2) is 4.79 Å². The molecule has 0 aliphatic heterocycles. The fraction of sp³-hybridized carbons (Fsp3) is 0.500. The zero-order valence-electron chi connectivity index (χ0n) is 10.0. The van der Waals surface area contributed by atoms with Crippen molar-refractivity contribution in [3.63, 3.8) is 0 Å². The summed E-state index contributed by atoms with van der Waals surface area (Å²) in [6.45, 7) is 3.46. The first-order valence-corrected chi connectivity index (χ1v) is 5.05. The SMILES string of the molecule is Cn1ncc(C(=O)O)c1CNC(C)(C)C(N)=O. The number of aromatic nitrogens is 2. The molecule has 1 aromatic heterocycles. The highest BCUT2D eigenvalue weighted by Gasteiger charge is 2.25. The quantitative estimate of drug-likeness (QED) is 0.641. The highest BCUT2D eigenvalue weighted by atomic mass is 16.4. The van der Waals surface area contributed by atoms with E-state index in [2.05, 4.69) is 10.4 Å². The minimum atomic E-state index is -1.05. The molecule has 0 aromatic carbocycles. The molecular formula is C10H16N4O3. The number of carbonyl (C=O) groups is 2. The van der Waals surface area contributed by atoms with Crippen LogP contribution in [0.15, 0.2) is 6.20 Å². The molecule has 0 aliphatic rings. The van der Waals surface area contributed by atoms with Crippen LogP contribution in [0.3, 0.4) is 0 Å². The molecule has 0 aliphatic carbocycles. The van der Waals surface area contributed by atoms with Gasteiger partial charge < -0.3 is 10.8 Å². The van der Waals surface area contributed by atoms with Crippen LogP contribution in [0, 0.1) is 0 Å². The fourth-order valence-corrected chi connectivity index (χ4v) is 1.24. The molecule has 0 radical (unpaired) electrons. The van der Waals surface area contributed by atoms with Gasteiger partial charge in [0.1, 0.15) is 5.56 Å². The Bertz CT molecular complexity index is 450. The number of nitrogens with zero attached hydrogens (tertiary/aromatic N) is 2. The second kappa shape index (κ2) is 4.54. The summed E-state index contributed by atoms with van der Waals surface area (Å²) in [7, 11) is 1.64. The van der Waals surface area contributed by atoms with Gasteiger partial charge in [0, 0.05) is 13.6 Å². The zero-order chi connectivity index (χ0) is 13.2. The average molecular weight is 240 g/mol. The summed E-state index contributed by atoms with van der Waals surface area (Å²) in [5.74, 6) is -1.55. The first kappa shape index (κ1) is 13.2. The van der Waals surface area contributed by atoms with Crippen molar-refractivity contribution in [2.75, 3.05) is 0 Å². The monoisotopic (exact) mass is 240 g/mol. The van der Waals surface area contributed by atoms with E-state index in [9.17, 15) is 9.59 Å². The van der Waals surface area contributed by atoms with Crippen molar-refractivity contribution in [3.05, 3.63) is 17.5 Å². The molecule has 1 heterocycles. The number of carbonyl (C=O) groups excluding carboxylic acids is 1. The van der Waals surface area contributed by atoms with Crippen LogP contribution in [0.1, 0.15) is 29.9 Å². The van der Waals surface area contributed by atoms with Crippen molar-refractivity contribution in [2.45, 2.75) is 25.9 Å². The molecule has 0 atom stereocenters. The van der Waals surface area contributed by atoms with E-state index in [1.807, 2.05) is 0 Å². The molecule has 0 fully saturated rings. The molecular weight excluding hydrogens is 224 g/mol. The van der Waals surface area contributed by atoms with Crippen molar-refractivity contribution < 1.29 is 14.7 Å². The van der Waals surface area contributed by atoms with E-state index in [4.69, 9.17) is 10.8 Å². The minimum Gasteiger partial charge on any atom is -0.478 e. The molecule has 17 heavy (non-hydrogen) atoms. The smallest absolute Gasteiger partial charge is 0.339 e. The topological polar surface area (TPSA) is 110 Å². The van der Waals surface area contributed by atoms with Gasteiger partial charge in [0.2, 0.25) is 5.91 Å². The number of carboxylic acid groups (broad SMARTS) is 1. The predicted octanol–water partition coefficient (Wildman–Crippen LogP) is -0.528. The third-order valence-electron chi connectivity index (χ3n) is 2.61. The van der Waals surface area contributed by atoms with Crippen LogP contribution < -0.4 is 11.1 Å². The van der Waals surface area contributed by atoms with Crippen molar-refractivity contribution in [1.82, 2.24) is 15.1 Å². The second-order valence-corrected chi connectivity index (χ2v) is 4.28. The molecule has 0 bridgehead atoms. The van der Waals surface area contributed by atoms with Gasteiger partial charge in [-0.3, -0.25) is 14.8 Å². The molecule has 0 unspecified atom stereocenters. The number of nitrogens with one attached hydrogen (secondary N) is 1. The zero-order valence-corrected chi connectivity index (χ0v) is 10.0. The summed E-state index contributed by atoms with van der Waals surface area (Å²) in [5, 5.41) is 15.7.